The Morgan fingerprint density at radius 3 is 2.71 bits per heavy atom. The number of anilines is 1. The van der Waals surface area contributed by atoms with Crippen LogP contribution in [0.4, 0.5) is 15.8 Å². The molecule has 0 aliphatic rings. The third kappa shape index (κ3) is 3.75. The Kier molecular flexibility index (Phi) is 4.51. The van der Waals surface area contributed by atoms with Crippen LogP contribution >= 0.6 is 0 Å². The zero-order valence-corrected chi connectivity index (χ0v) is 12.7. The minimum atomic E-state index is -0.846. The van der Waals surface area contributed by atoms with Crippen molar-refractivity contribution in [2.24, 2.45) is 0 Å². The second-order valence-corrected chi connectivity index (χ2v) is 5.31. The van der Waals surface area contributed by atoms with Gasteiger partial charge in [-0.25, -0.2) is 0 Å². The molecule has 122 valence electrons. The fourth-order valence-corrected chi connectivity index (χ4v) is 2.32. The molecule has 0 saturated carbocycles. The highest BCUT2D eigenvalue weighted by molar-refractivity contribution is 5.51. The van der Waals surface area contributed by atoms with E-state index in [1.807, 2.05) is 41.2 Å². The van der Waals surface area contributed by atoms with Gasteiger partial charge in [0, 0.05) is 30.1 Å². The van der Waals surface area contributed by atoms with Crippen molar-refractivity contribution in [2.45, 2.75) is 13.1 Å². The van der Waals surface area contributed by atoms with Crippen molar-refractivity contribution >= 4 is 11.4 Å². The molecule has 1 aromatic heterocycles. The van der Waals surface area contributed by atoms with Gasteiger partial charge in [-0.2, -0.15) is 9.49 Å². The van der Waals surface area contributed by atoms with Crippen LogP contribution < -0.4 is 5.32 Å². The van der Waals surface area contributed by atoms with E-state index in [1.165, 1.54) is 12.1 Å². The maximum absolute atomic E-state index is 13.3. The highest BCUT2D eigenvalue weighted by Gasteiger charge is 2.14. The number of nitrogens with zero attached hydrogens (tertiary/aromatic N) is 3. The Balaban J connectivity index is 1.63. The Labute approximate surface area is 137 Å². The topological polar surface area (TPSA) is 73.0 Å². The fraction of sp³-hybridized carbons (Fsp3) is 0.118. The molecule has 7 heteroatoms. The lowest BCUT2D eigenvalue weighted by Gasteiger charge is -2.05. The normalized spacial score (nSPS) is 10.5. The molecule has 0 unspecified atom stereocenters. The first kappa shape index (κ1) is 15.7. The van der Waals surface area contributed by atoms with Crippen LogP contribution in [0, 0.1) is 15.9 Å². The van der Waals surface area contributed by atoms with E-state index in [1.54, 1.807) is 6.20 Å². The van der Waals surface area contributed by atoms with Crippen molar-refractivity contribution in [3.63, 3.8) is 0 Å². The molecule has 0 aliphatic heterocycles. The van der Waals surface area contributed by atoms with E-state index in [4.69, 9.17) is 0 Å². The van der Waals surface area contributed by atoms with E-state index in [0.29, 0.717) is 18.8 Å². The molecule has 6 nitrogen and oxygen atoms in total. The fourth-order valence-electron chi connectivity index (χ4n) is 2.32. The molecule has 3 rings (SSSR count). The predicted molar refractivity (Wildman–Crippen MR) is 88.2 cm³/mol. The first-order chi connectivity index (χ1) is 11.6. The highest BCUT2D eigenvalue weighted by atomic mass is 19.1. The molecular formula is C17H15FN4O2. The number of benzene rings is 2. The van der Waals surface area contributed by atoms with Crippen LogP contribution in [0.3, 0.4) is 0 Å². The molecule has 0 bridgehead atoms. The molecule has 0 aliphatic carbocycles. The summed E-state index contributed by atoms with van der Waals surface area (Å²) in [5, 5.41) is 18.1. The number of hydrogen-bond donors (Lipinski definition) is 1. The van der Waals surface area contributed by atoms with Crippen molar-refractivity contribution in [1.29, 1.82) is 0 Å². The van der Waals surface area contributed by atoms with Gasteiger partial charge in [-0.15, -0.1) is 0 Å². The lowest BCUT2D eigenvalue weighted by atomic mass is 10.2. The van der Waals surface area contributed by atoms with E-state index < -0.39 is 16.4 Å². The van der Waals surface area contributed by atoms with Gasteiger partial charge in [0.25, 0.3) is 0 Å². The van der Waals surface area contributed by atoms with Gasteiger partial charge >= 0.3 is 5.69 Å². The Hall–Kier alpha value is -3.22. The second-order valence-electron chi connectivity index (χ2n) is 5.31. The summed E-state index contributed by atoms with van der Waals surface area (Å²) in [4.78, 5) is 10.0. The summed E-state index contributed by atoms with van der Waals surface area (Å²) in [5.74, 6) is -0.846. The summed E-state index contributed by atoms with van der Waals surface area (Å²) in [5.41, 5.74) is 2.02. The zero-order chi connectivity index (χ0) is 16.9. The highest BCUT2D eigenvalue weighted by Crippen LogP contribution is 2.22. The second kappa shape index (κ2) is 6.91. The van der Waals surface area contributed by atoms with Crippen molar-refractivity contribution in [3.8, 4) is 0 Å². The van der Waals surface area contributed by atoms with Gasteiger partial charge in [0.15, 0.2) is 0 Å². The van der Waals surface area contributed by atoms with Crippen LogP contribution in [-0.4, -0.2) is 14.7 Å². The van der Waals surface area contributed by atoms with Gasteiger partial charge in [-0.3, -0.25) is 14.8 Å². The lowest BCUT2D eigenvalue weighted by molar-refractivity contribution is -0.387. The molecule has 0 fully saturated rings. The molecule has 24 heavy (non-hydrogen) atoms. The Morgan fingerprint density at radius 1 is 1.17 bits per heavy atom. The van der Waals surface area contributed by atoms with Crippen LogP contribution in [0.25, 0.3) is 0 Å². The first-order valence-electron chi connectivity index (χ1n) is 7.35. The van der Waals surface area contributed by atoms with Gasteiger partial charge in [-0.05, 0) is 17.7 Å². The predicted octanol–water partition coefficient (Wildman–Crippen LogP) is 3.59. The summed E-state index contributed by atoms with van der Waals surface area (Å²) >= 11 is 0. The smallest absolute Gasteiger partial charge is 0.306 e. The molecule has 1 N–H and O–H groups in total. The standard InChI is InChI=1S/C17H15FN4O2/c18-16-7-6-15(8-17(16)22(23)24)19-9-14-10-20-21(12-14)11-13-4-2-1-3-5-13/h1-8,10,12,19H,9,11H2. The molecule has 0 atom stereocenters. The number of aromatic nitrogens is 2. The summed E-state index contributed by atoms with van der Waals surface area (Å²) in [7, 11) is 0. The molecule has 1 heterocycles. The Morgan fingerprint density at radius 2 is 1.96 bits per heavy atom. The molecule has 0 saturated heterocycles. The van der Waals surface area contributed by atoms with Crippen molar-refractivity contribution in [1.82, 2.24) is 9.78 Å². The number of rotatable bonds is 6. The van der Waals surface area contributed by atoms with Gasteiger partial charge in [-0.1, -0.05) is 30.3 Å². The average molecular weight is 326 g/mol. The minimum Gasteiger partial charge on any atom is -0.381 e. The maximum atomic E-state index is 13.3. The lowest BCUT2D eigenvalue weighted by Crippen LogP contribution is -2.01. The van der Waals surface area contributed by atoms with E-state index >= 15 is 0 Å². The maximum Gasteiger partial charge on any atom is 0.306 e. The summed E-state index contributed by atoms with van der Waals surface area (Å²) in [6.45, 7) is 1.11. The van der Waals surface area contributed by atoms with Gasteiger partial charge in [0.05, 0.1) is 17.7 Å². The SMILES string of the molecule is O=[N+]([O-])c1cc(NCc2cnn(Cc3ccccc3)c2)ccc1F. The monoisotopic (exact) mass is 326 g/mol. The third-order valence-electron chi connectivity index (χ3n) is 3.51. The van der Waals surface area contributed by atoms with Gasteiger partial charge < -0.3 is 5.32 Å². The molecular weight excluding hydrogens is 311 g/mol. The Bertz CT molecular complexity index is 849. The number of nitrogens with one attached hydrogen (secondary N) is 1. The van der Waals surface area contributed by atoms with E-state index in [-0.39, 0.29) is 0 Å². The minimum absolute atomic E-state index is 0.442. The molecule has 2 aromatic carbocycles. The van der Waals surface area contributed by atoms with E-state index in [9.17, 15) is 14.5 Å². The van der Waals surface area contributed by atoms with Crippen LogP contribution in [0.5, 0.6) is 0 Å². The summed E-state index contributed by atoms with van der Waals surface area (Å²) < 4.78 is 15.1. The van der Waals surface area contributed by atoms with Crippen molar-refractivity contribution < 1.29 is 9.31 Å². The van der Waals surface area contributed by atoms with Crippen LogP contribution in [0.2, 0.25) is 0 Å². The number of nitro benzene ring substituents is 1. The van der Waals surface area contributed by atoms with Crippen LogP contribution in [0.1, 0.15) is 11.1 Å². The molecule has 0 radical (unpaired) electrons. The molecule has 0 spiro atoms. The average Bonchev–Trinajstić information content (AvgIpc) is 3.02. The first-order valence-corrected chi connectivity index (χ1v) is 7.35. The van der Waals surface area contributed by atoms with E-state index in [0.717, 1.165) is 17.2 Å². The largest absolute Gasteiger partial charge is 0.381 e. The molecule has 3 aromatic rings. The van der Waals surface area contributed by atoms with Gasteiger partial charge in [0.1, 0.15) is 0 Å². The van der Waals surface area contributed by atoms with Crippen LogP contribution in [0.15, 0.2) is 60.9 Å². The van der Waals surface area contributed by atoms with Crippen molar-refractivity contribution in [2.75, 3.05) is 5.32 Å². The van der Waals surface area contributed by atoms with E-state index in [2.05, 4.69) is 10.4 Å². The van der Waals surface area contributed by atoms with Crippen LogP contribution in [-0.2, 0) is 13.1 Å². The number of halogens is 1. The number of hydrogen-bond acceptors (Lipinski definition) is 4. The van der Waals surface area contributed by atoms with Crippen molar-refractivity contribution in [3.05, 3.63) is 88.0 Å². The summed E-state index contributed by atoms with van der Waals surface area (Å²) in [6.07, 6.45) is 3.63. The summed E-state index contributed by atoms with van der Waals surface area (Å²) in [6, 6.07) is 13.7. The number of nitro groups is 1. The quantitative estimate of drug-likeness (QED) is 0.555. The zero-order valence-electron chi connectivity index (χ0n) is 12.7. The van der Waals surface area contributed by atoms with Gasteiger partial charge in [0.2, 0.25) is 5.82 Å². The third-order valence-corrected chi connectivity index (χ3v) is 3.51. The molecule has 0 amide bonds.